The predicted molar refractivity (Wildman–Crippen MR) is 96.0 cm³/mol. The molecule has 6 heteroatoms. The van der Waals surface area contributed by atoms with Crippen LogP contribution < -0.4 is 15.5 Å². The molecule has 1 aromatic carbocycles. The maximum absolute atomic E-state index is 6.13. The van der Waals surface area contributed by atoms with Crippen LogP contribution in [0.2, 0.25) is 5.02 Å². The number of hydrogen-bond donors (Lipinski definition) is 2. The van der Waals surface area contributed by atoms with Gasteiger partial charge in [0.2, 0.25) is 0 Å². The van der Waals surface area contributed by atoms with Crippen molar-refractivity contribution in [1.82, 2.24) is 10.7 Å². The van der Waals surface area contributed by atoms with E-state index in [1.807, 2.05) is 25.1 Å². The molecule has 0 bridgehead atoms. The Kier molecular flexibility index (Phi) is 6.93. The van der Waals surface area contributed by atoms with Gasteiger partial charge in [0.1, 0.15) is 5.75 Å². The number of thiocarbonyl (C=S) groups is 1. The first-order valence-electron chi connectivity index (χ1n) is 7.71. The van der Waals surface area contributed by atoms with E-state index in [-0.39, 0.29) is 0 Å². The van der Waals surface area contributed by atoms with Gasteiger partial charge in [-0.15, -0.1) is 0 Å². The lowest BCUT2D eigenvalue weighted by molar-refractivity contribution is 0.340. The van der Waals surface area contributed by atoms with Crippen LogP contribution in [0.25, 0.3) is 0 Å². The normalized spacial score (nSPS) is 15.7. The Morgan fingerprint density at radius 3 is 2.86 bits per heavy atom. The highest BCUT2D eigenvalue weighted by Gasteiger charge is 2.13. The minimum Gasteiger partial charge on any atom is -0.492 e. The molecular formula is C16H22ClN3OS. The second kappa shape index (κ2) is 8.96. The number of rotatable bonds is 5. The van der Waals surface area contributed by atoms with Crippen molar-refractivity contribution < 1.29 is 4.74 Å². The van der Waals surface area contributed by atoms with E-state index >= 15 is 0 Å². The van der Waals surface area contributed by atoms with E-state index in [1.165, 1.54) is 32.1 Å². The molecule has 1 aromatic rings. The zero-order chi connectivity index (χ0) is 15.8. The lowest BCUT2D eigenvalue weighted by Crippen LogP contribution is -2.40. The van der Waals surface area contributed by atoms with Crippen molar-refractivity contribution in [2.75, 3.05) is 6.61 Å². The van der Waals surface area contributed by atoms with Crippen molar-refractivity contribution in [3.63, 3.8) is 0 Å². The van der Waals surface area contributed by atoms with Gasteiger partial charge in [0.05, 0.1) is 17.8 Å². The van der Waals surface area contributed by atoms with Gasteiger partial charge in [0.25, 0.3) is 0 Å². The number of ether oxygens (including phenoxy) is 1. The van der Waals surface area contributed by atoms with Gasteiger partial charge in [-0.3, -0.25) is 5.43 Å². The highest BCUT2D eigenvalue weighted by molar-refractivity contribution is 7.80. The van der Waals surface area contributed by atoms with Crippen LogP contribution in [0.3, 0.4) is 0 Å². The summed E-state index contributed by atoms with van der Waals surface area (Å²) >= 11 is 11.4. The van der Waals surface area contributed by atoms with Crippen LogP contribution in [0.5, 0.6) is 5.75 Å². The molecule has 1 aliphatic carbocycles. The molecule has 1 aliphatic rings. The van der Waals surface area contributed by atoms with Crippen LogP contribution in [0.15, 0.2) is 23.3 Å². The van der Waals surface area contributed by atoms with Gasteiger partial charge in [-0.2, -0.15) is 5.10 Å². The minimum atomic E-state index is 0.476. The monoisotopic (exact) mass is 339 g/mol. The summed E-state index contributed by atoms with van der Waals surface area (Å²) in [7, 11) is 0. The van der Waals surface area contributed by atoms with Crippen molar-refractivity contribution in [3.8, 4) is 5.75 Å². The summed E-state index contributed by atoms with van der Waals surface area (Å²) in [6.07, 6.45) is 7.92. The quantitative estimate of drug-likeness (QED) is 0.485. The van der Waals surface area contributed by atoms with Crippen molar-refractivity contribution >= 4 is 35.1 Å². The average Bonchev–Trinajstić information content (AvgIpc) is 2.51. The van der Waals surface area contributed by atoms with E-state index < -0.39 is 0 Å². The van der Waals surface area contributed by atoms with E-state index in [0.717, 1.165) is 5.56 Å². The summed E-state index contributed by atoms with van der Waals surface area (Å²) in [5, 5.41) is 8.60. The van der Waals surface area contributed by atoms with Gasteiger partial charge >= 0.3 is 0 Å². The topological polar surface area (TPSA) is 45.6 Å². The molecular weight excluding hydrogens is 318 g/mol. The Bertz CT molecular complexity index is 530. The molecule has 0 aliphatic heterocycles. The third kappa shape index (κ3) is 5.46. The second-order valence-electron chi connectivity index (χ2n) is 5.30. The highest BCUT2D eigenvalue weighted by atomic mass is 35.5. The molecule has 1 saturated carbocycles. The fraction of sp³-hybridized carbons (Fsp3) is 0.500. The number of benzene rings is 1. The van der Waals surface area contributed by atoms with Crippen LogP contribution in [0.1, 0.15) is 44.6 Å². The Labute approximate surface area is 142 Å². The van der Waals surface area contributed by atoms with Crippen molar-refractivity contribution in [2.45, 2.75) is 45.1 Å². The molecule has 0 saturated heterocycles. The molecule has 2 rings (SSSR count). The molecule has 1 fully saturated rings. The fourth-order valence-corrected chi connectivity index (χ4v) is 2.96. The largest absolute Gasteiger partial charge is 0.492 e. The lowest BCUT2D eigenvalue weighted by atomic mass is 9.96. The van der Waals surface area contributed by atoms with Crippen LogP contribution >= 0.6 is 23.8 Å². The zero-order valence-electron chi connectivity index (χ0n) is 12.8. The van der Waals surface area contributed by atoms with Crippen molar-refractivity contribution in [1.29, 1.82) is 0 Å². The molecule has 0 unspecified atom stereocenters. The molecule has 0 radical (unpaired) electrons. The number of nitrogens with zero attached hydrogens (tertiary/aromatic N) is 1. The first-order valence-corrected chi connectivity index (χ1v) is 8.49. The summed E-state index contributed by atoms with van der Waals surface area (Å²) in [4.78, 5) is 0. The molecule has 0 amide bonds. The van der Waals surface area contributed by atoms with Gasteiger partial charge in [-0.1, -0.05) is 30.9 Å². The van der Waals surface area contributed by atoms with Gasteiger partial charge < -0.3 is 10.1 Å². The molecule has 0 aromatic heterocycles. The highest BCUT2D eigenvalue weighted by Crippen LogP contribution is 2.24. The lowest BCUT2D eigenvalue weighted by Gasteiger charge is -2.23. The average molecular weight is 340 g/mol. The van der Waals surface area contributed by atoms with E-state index in [4.69, 9.17) is 28.6 Å². The molecule has 0 spiro atoms. The summed E-state index contributed by atoms with van der Waals surface area (Å²) < 4.78 is 5.40. The molecule has 22 heavy (non-hydrogen) atoms. The first kappa shape index (κ1) is 17.0. The number of hydrazone groups is 1. The Morgan fingerprint density at radius 1 is 1.41 bits per heavy atom. The van der Waals surface area contributed by atoms with Crippen molar-refractivity contribution in [3.05, 3.63) is 28.8 Å². The van der Waals surface area contributed by atoms with E-state index in [0.29, 0.717) is 28.5 Å². The summed E-state index contributed by atoms with van der Waals surface area (Å²) in [5.41, 5.74) is 3.74. The molecule has 120 valence electrons. The number of nitrogens with one attached hydrogen (secondary N) is 2. The van der Waals surface area contributed by atoms with Crippen LogP contribution in [0.4, 0.5) is 0 Å². The Balaban J connectivity index is 1.81. The smallest absolute Gasteiger partial charge is 0.187 e. The van der Waals surface area contributed by atoms with E-state index in [9.17, 15) is 0 Å². The summed E-state index contributed by atoms with van der Waals surface area (Å²) in [5.74, 6) is 0.684. The maximum atomic E-state index is 6.13. The number of halogens is 1. The van der Waals surface area contributed by atoms with Crippen molar-refractivity contribution in [2.24, 2.45) is 5.10 Å². The number of hydrogen-bond acceptors (Lipinski definition) is 3. The maximum Gasteiger partial charge on any atom is 0.187 e. The van der Waals surface area contributed by atoms with Gasteiger partial charge in [0.15, 0.2) is 5.11 Å². The zero-order valence-corrected chi connectivity index (χ0v) is 14.3. The SMILES string of the molecule is CCOc1ccc(/C=N\NC(=S)NC2CCCCC2)cc1Cl. The standard InChI is InChI=1S/C16H22ClN3OS/c1-2-21-15-9-8-12(10-14(15)17)11-18-20-16(22)19-13-6-4-3-5-7-13/h8-11,13H,2-7H2,1H3,(H2,19,20,22)/b18-11-. The van der Waals surface area contributed by atoms with Gasteiger partial charge in [0, 0.05) is 6.04 Å². The Hall–Kier alpha value is -1.33. The summed E-state index contributed by atoms with van der Waals surface area (Å²) in [6.45, 7) is 2.52. The third-order valence-electron chi connectivity index (χ3n) is 3.58. The van der Waals surface area contributed by atoms with E-state index in [2.05, 4.69) is 15.8 Å². The minimum absolute atomic E-state index is 0.476. The second-order valence-corrected chi connectivity index (χ2v) is 6.12. The fourth-order valence-electron chi connectivity index (χ4n) is 2.50. The first-order chi connectivity index (χ1) is 10.7. The predicted octanol–water partition coefficient (Wildman–Crippen LogP) is 3.87. The van der Waals surface area contributed by atoms with Gasteiger partial charge in [-0.05, 0) is 55.7 Å². The van der Waals surface area contributed by atoms with Crippen LogP contribution in [0, 0.1) is 0 Å². The van der Waals surface area contributed by atoms with Gasteiger partial charge in [-0.25, -0.2) is 0 Å². The van der Waals surface area contributed by atoms with Crippen LogP contribution in [-0.2, 0) is 0 Å². The molecule has 0 heterocycles. The molecule has 0 atom stereocenters. The summed E-state index contributed by atoms with van der Waals surface area (Å²) in [6, 6.07) is 6.03. The molecule has 4 nitrogen and oxygen atoms in total. The third-order valence-corrected chi connectivity index (χ3v) is 4.08. The molecule has 2 N–H and O–H groups in total. The van der Waals surface area contributed by atoms with Crippen LogP contribution in [-0.4, -0.2) is 24.0 Å². The Morgan fingerprint density at radius 2 is 2.18 bits per heavy atom. The van der Waals surface area contributed by atoms with E-state index in [1.54, 1.807) is 6.21 Å².